The highest BCUT2D eigenvalue weighted by Gasteiger charge is 2.59. The number of hydrogen-bond acceptors (Lipinski definition) is 3. The first-order valence-corrected chi connectivity index (χ1v) is 13.7. The molecule has 0 fully saturated rings. The number of hydrogen-bond donors (Lipinski definition) is 1. The zero-order valence-corrected chi connectivity index (χ0v) is 20.9. The summed E-state index contributed by atoms with van der Waals surface area (Å²) in [5, 5.41) is 0. The van der Waals surface area contributed by atoms with E-state index in [0.717, 1.165) is 38.2 Å². The number of halogens is 3. The summed E-state index contributed by atoms with van der Waals surface area (Å²) < 4.78 is 68.6. The number of primary amides is 1. The van der Waals surface area contributed by atoms with Gasteiger partial charge in [0, 0.05) is 11.5 Å². The molecule has 2 atom stereocenters. The van der Waals surface area contributed by atoms with E-state index in [1.165, 1.54) is 36.4 Å². The van der Waals surface area contributed by atoms with Gasteiger partial charge in [0.15, 0.2) is 9.84 Å². The molecule has 34 heavy (non-hydrogen) atoms. The molecular formula is C26H36F3NO3S. The second-order valence-corrected chi connectivity index (χ2v) is 11.2. The standard InChI is InChI=1S/C26H36F3NO3S/c1-3-5-6-7-8-9-12-23-22(24(30)31)11-10-17-25(23,26(27,28)29)19-20-13-15-21(16-14-20)34(32,33)18-4-2/h10-11,13-17,23H,3-9,12,18-19H2,1-2H3,(H2,30,31). The van der Waals surface area contributed by atoms with E-state index >= 15 is 0 Å². The summed E-state index contributed by atoms with van der Waals surface area (Å²) in [6.07, 6.45) is 4.96. The third-order valence-electron chi connectivity index (χ3n) is 6.58. The highest BCUT2D eigenvalue weighted by Crippen LogP contribution is 2.53. The van der Waals surface area contributed by atoms with Gasteiger partial charge in [-0.1, -0.05) is 82.7 Å². The molecule has 1 aromatic carbocycles. The lowest BCUT2D eigenvalue weighted by Crippen LogP contribution is -2.48. The Bertz CT molecular complexity index is 982. The number of carbonyl (C=O) groups excluding carboxylic acids is 1. The van der Waals surface area contributed by atoms with Crippen LogP contribution in [0.15, 0.2) is 53.0 Å². The fourth-order valence-corrected chi connectivity index (χ4v) is 6.07. The Hall–Kier alpha value is -2.09. The van der Waals surface area contributed by atoms with Crippen molar-refractivity contribution in [3.8, 4) is 0 Å². The van der Waals surface area contributed by atoms with Gasteiger partial charge in [-0.05, 0) is 37.0 Å². The summed E-state index contributed by atoms with van der Waals surface area (Å²) in [5.41, 5.74) is 3.57. The molecule has 4 nitrogen and oxygen atoms in total. The van der Waals surface area contributed by atoms with Gasteiger partial charge in [-0.25, -0.2) is 8.42 Å². The van der Waals surface area contributed by atoms with Crippen molar-refractivity contribution in [1.29, 1.82) is 0 Å². The molecule has 0 saturated heterocycles. The van der Waals surface area contributed by atoms with Crippen LogP contribution in [0.4, 0.5) is 13.2 Å². The number of carbonyl (C=O) groups is 1. The van der Waals surface area contributed by atoms with Crippen LogP contribution in [0, 0.1) is 11.3 Å². The Morgan fingerprint density at radius 3 is 2.18 bits per heavy atom. The first kappa shape index (κ1) is 28.1. The summed E-state index contributed by atoms with van der Waals surface area (Å²) in [5.74, 6) is -1.95. The van der Waals surface area contributed by atoms with E-state index in [-0.39, 0.29) is 22.6 Å². The number of allylic oxidation sites excluding steroid dienone is 3. The molecule has 0 saturated carbocycles. The third kappa shape index (κ3) is 6.74. The Morgan fingerprint density at radius 2 is 1.62 bits per heavy atom. The second kappa shape index (κ2) is 12.0. The molecule has 2 unspecified atom stereocenters. The Kier molecular flexibility index (Phi) is 9.97. The van der Waals surface area contributed by atoms with Gasteiger partial charge in [-0.3, -0.25) is 4.79 Å². The predicted octanol–water partition coefficient (Wildman–Crippen LogP) is 6.31. The summed E-state index contributed by atoms with van der Waals surface area (Å²) >= 11 is 0. The van der Waals surface area contributed by atoms with Crippen LogP contribution in [0.5, 0.6) is 0 Å². The fourth-order valence-electron chi connectivity index (χ4n) is 4.74. The first-order chi connectivity index (χ1) is 16.0. The Morgan fingerprint density at radius 1 is 1.00 bits per heavy atom. The van der Waals surface area contributed by atoms with E-state index < -0.39 is 39.7 Å². The minimum atomic E-state index is -4.63. The van der Waals surface area contributed by atoms with Crippen molar-refractivity contribution in [1.82, 2.24) is 0 Å². The van der Waals surface area contributed by atoms with Gasteiger partial charge in [-0.2, -0.15) is 13.2 Å². The van der Waals surface area contributed by atoms with Crippen LogP contribution in [-0.4, -0.2) is 26.3 Å². The van der Waals surface area contributed by atoms with Crippen LogP contribution in [-0.2, 0) is 21.1 Å². The molecule has 0 aromatic heterocycles. The monoisotopic (exact) mass is 499 g/mol. The molecule has 0 spiro atoms. The van der Waals surface area contributed by atoms with E-state index in [0.29, 0.717) is 18.4 Å². The maximum absolute atomic E-state index is 14.7. The molecule has 190 valence electrons. The van der Waals surface area contributed by atoms with Crippen molar-refractivity contribution in [2.75, 3.05) is 5.75 Å². The molecule has 0 aliphatic heterocycles. The van der Waals surface area contributed by atoms with Gasteiger partial charge in [-0.15, -0.1) is 0 Å². The van der Waals surface area contributed by atoms with E-state index in [1.807, 2.05) is 0 Å². The third-order valence-corrected chi connectivity index (χ3v) is 8.51. The number of alkyl halides is 3. The van der Waals surface area contributed by atoms with Crippen LogP contribution in [0.3, 0.4) is 0 Å². The van der Waals surface area contributed by atoms with Crippen LogP contribution < -0.4 is 5.73 Å². The highest BCUT2D eigenvalue weighted by atomic mass is 32.2. The molecule has 0 heterocycles. The van der Waals surface area contributed by atoms with E-state index in [1.54, 1.807) is 6.92 Å². The van der Waals surface area contributed by atoms with Crippen molar-refractivity contribution in [2.45, 2.75) is 82.7 Å². The zero-order valence-electron chi connectivity index (χ0n) is 20.0. The lowest BCUT2D eigenvalue weighted by atomic mass is 9.63. The number of unbranched alkanes of at least 4 members (excludes halogenated alkanes) is 5. The van der Waals surface area contributed by atoms with E-state index in [9.17, 15) is 26.4 Å². The predicted molar refractivity (Wildman–Crippen MR) is 129 cm³/mol. The van der Waals surface area contributed by atoms with Crippen molar-refractivity contribution in [3.63, 3.8) is 0 Å². The minimum absolute atomic E-state index is 0.00414. The number of sulfone groups is 1. The van der Waals surface area contributed by atoms with Gasteiger partial charge in [0.1, 0.15) is 0 Å². The lowest BCUT2D eigenvalue weighted by Gasteiger charge is -2.42. The summed E-state index contributed by atoms with van der Waals surface area (Å²) in [4.78, 5) is 12.2. The van der Waals surface area contributed by atoms with Crippen molar-refractivity contribution < 1.29 is 26.4 Å². The molecule has 1 amide bonds. The number of nitrogens with two attached hydrogens (primary N) is 1. The van der Waals surface area contributed by atoms with Crippen LogP contribution in [0.1, 0.15) is 70.8 Å². The van der Waals surface area contributed by atoms with Crippen LogP contribution >= 0.6 is 0 Å². The quantitative estimate of drug-likeness (QED) is 0.323. The number of rotatable bonds is 13. The summed E-state index contributed by atoms with van der Waals surface area (Å²) in [7, 11) is -3.46. The second-order valence-electron chi connectivity index (χ2n) is 9.13. The van der Waals surface area contributed by atoms with Gasteiger partial charge < -0.3 is 5.73 Å². The van der Waals surface area contributed by atoms with Gasteiger partial charge in [0.05, 0.1) is 16.1 Å². The van der Waals surface area contributed by atoms with Crippen molar-refractivity contribution in [2.24, 2.45) is 17.1 Å². The van der Waals surface area contributed by atoms with Crippen LogP contribution in [0.2, 0.25) is 0 Å². The first-order valence-electron chi connectivity index (χ1n) is 12.1. The zero-order chi connectivity index (χ0) is 25.4. The minimum Gasteiger partial charge on any atom is -0.366 e. The molecule has 0 bridgehead atoms. The van der Waals surface area contributed by atoms with E-state index in [2.05, 4.69) is 6.92 Å². The Balaban J connectivity index is 2.36. The van der Waals surface area contributed by atoms with Crippen molar-refractivity contribution in [3.05, 3.63) is 53.6 Å². The Labute approximate surface area is 201 Å². The van der Waals surface area contributed by atoms with Crippen molar-refractivity contribution >= 4 is 15.7 Å². The highest BCUT2D eigenvalue weighted by molar-refractivity contribution is 7.91. The average Bonchev–Trinajstić information content (AvgIpc) is 2.76. The molecule has 0 radical (unpaired) electrons. The van der Waals surface area contributed by atoms with Crippen LogP contribution in [0.25, 0.3) is 0 Å². The van der Waals surface area contributed by atoms with Gasteiger partial charge in [0.2, 0.25) is 5.91 Å². The topological polar surface area (TPSA) is 77.2 Å². The number of amides is 1. The summed E-state index contributed by atoms with van der Waals surface area (Å²) in [6.45, 7) is 3.85. The lowest BCUT2D eigenvalue weighted by molar-refractivity contribution is -0.220. The molecule has 2 rings (SSSR count). The number of benzene rings is 1. The summed E-state index contributed by atoms with van der Waals surface area (Å²) in [6, 6.07) is 5.61. The smallest absolute Gasteiger partial charge is 0.366 e. The normalized spacial score (nSPS) is 20.9. The molecule has 1 aliphatic rings. The van der Waals surface area contributed by atoms with E-state index in [4.69, 9.17) is 5.73 Å². The van der Waals surface area contributed by atoms with Gasteiger partial charge >= 0.3 is 6.18 Å². The largest absolute Gasteiger partial charge is 0.398 e. The fraction of sp³-hybridized carbons (Fsp3) is 0.577. The SMILES string of the molecule is CCCCCCCCC1C(C(N)=O)=CC=CC1(Cc1ccc(S(=O)(=O)CCC)cc1)C(F)(F)F. The maximum atomic E-state index is 14.7. The molecular weight excluding hydrogens is 463 g/mol. The molecule has 8 heteroatoms. The maximum Gasteiger partial charge on any atom is 0.398 e. The molecule has 2 N–H and O–H groups in total. The van der Waals surface area contributed by atoms with Gasteiger partial charge in [0.25, 0.3) is 0 Å². The average molecular weight is 500 g/mol. The molecule has 1 aliphatic carbocycles. The molecule has 1 aromatic rings.